The number of benzene rings is 1. The van der Waals surface area contributed by atoms with E-state index < -0.39 is 5.97 Å². The summed E-state index contributed by atoms with van der Waals surface area (Å²) in [6.07, 6.45) is 1.25. The van der Waals surface area contributed by atoms with Crippen molar-refractivity contribution in [3.63, 3.8) is 0 Å². The number of hydrogen-bond donors (Lipinski definition) is 0. The van der Waals surface area contributed by atoms with Crippen LogP contribution >= 0.6 is 11.3 Å². The number of carbonyl (C=O) groups is 1. The summed E-state index contributed by atoms with van der Waals surface area (Å²) in [4.78, 5) is 13.1. The van der Waals surface area contributed by atoms with E-state index in [1.54, 1.807) is 41.7 Å². The average Bonchev–Trinajstić information content (AvgIpc) is 3.42. The average molecular weight is 353 g/mol. The van der Waals surface area contributed by atoms with Crippen molar-refractivity contribution in [2.24, 2.45) is 0 Å². The predicted octanol–water partition coefficient (Wildman–Crippen LogP) is 3.81. The molecule has 4 aromatic rings. The van der Waals surface area contributed by atoms with Crippen LogP contribution in [0, 0.1) is 0 Å². The number of esters is 1. The standard InChI is InChI=1S/C17H11N3O4S/c21-17(12-5-3-11(4-6-12)16-19-18-10-23-16)22-9-13-8-14(24-20-13)15-2-1-7-25-15/h1-8,10H,9H2. The molecule has 8 heteroatoms. The van der Waals surface area contributed by atoms with Gasteiger partial charge in [0.1, 0.15) is 12.3 Å². The van der Waals surface area contributed by atoms with Crippen molar-refractivity contribution < 1.29 is 18.5 Å². The Morgan fingerprint density at radius 2 is 2.08 bits per heavy atom. The number of rotatable bonds is 5. The first-order chi connectivity index (χ1) is 12.3. The lowest BCUT2D eigenvalue weighted by Gasteiger charge is -2.03. The minimum Gasteiger partial charge on any atom is -0.455 e. The van der Waals surface area contributed by atoms with Gasteiger partial charge in [-0.2, -0.15) is 0 Å². The lowest BCUT2D eigenvalue weighted by Crippen LogP contribution is -2.05. The van der Waals surface area contributed by atoms with Gasteiger partial charge in [-0.3, -0.25) is 0 Å². The minimum atomic E-state index is -0.447. The van der Waals surface area contributed by atoms with Crippen molar-refractivity contribution in [2.75, 3.05) is 0 Å². The van der Waals surface area contributed by atoms with Crippen LogP contribution in [0.2, 0.25) is 0 Å². The van der Waals surface area contributed by atoms with Gasteiger partial charge in [-0.05, 0) is 35.7 Å². The van der Waals surface area contributed by atoms with Gasteiger partial charge >= 0.3 is 5.97 Å². The molecule has 0 N–H and O–H groups in total. The lowest BCUT2D eigenvalue weighted by atomic mass is 10.1. The maximum atomic E-state index is 12.1. The quantitative estimate of drug-likeness (QED) is 0.504. The van der Waals surface area contributed by atoms with Gasteiger partial charge in [0.25, 0.3) is 0 Å². The molecule has 0 aliphatic carbocycles. The molecular formula is C17H11N3O4S. The topological polar surface area (TPSA) is 91.2 Å². The molecule has 3 heterocycles. The number of nitrogens with zero attached hydrogens (tertiary/aromatic N) is 3. The van der Waals surface area contributed by atoms with E-state index in [1.807, 2.05) is 17.5 Å². The number of ether oxygens (including phenoxy) is 1. The molecule has 124 valence electrons. The van der Waals surface area contributed by atoms with Crippen LogP contribution in [0.25, 0.3) is 22.1 Å². The fraction of sp³-hybridized carbons (Fsp3) is 0.0588. The van der Waals surface area contributed by atoms with Crippen molar-refractivity contribution in [3.05, 3.63) is 65.5 Å². The molecular weight excluding hydrogens is 342 g/mol. The zero-order valence-corrected chi connectivity index (χ0v) is 13.6. The van der Waals surface area contributed by atoms with Crippen LogP contribution in [0.1, 0.15) is 16.1 Å². The van der Waals surface area contributed by atoms with Gasteiger partial charge in [0.2, 0.25) is 12.3 Å². The Morgan fingerprint density at radius 3 is 2.80 bits per heavy atom. The normalized spacial score (nSPS) is 10.7. The number of hydrogen-bond acceptors (Lipinski definition) is 8. The third-order valence-corrected chi connectivity index (χ3v) is 4.29. The van der Waals surface area contributed by atoms with Crippen LogP contribution < -0.4 is 0 Å². The van der Waals surface area contributed by atoms with E-state index in [2.05, 4.69) is 15.4 Å². The fourth-order valence-electron chi connectivity index (χ4n) is 2.19. The van der Waals surface area contributed by atoms with E-state index in [9.17, 15) is 4.79 Å². The fourth-order valence-corrected chi connectivity index (χ4v) is 2.86. The second-order valence-electron chi connectivity index (χ2n) is 5.06. The van der Waals surface area contributed by atoms with Crippen molar-refractivity contribution >= 4 is 17.3 Å². The molecule has 1 aromatic carbocycles. The smallest absolute Gasteiger partial charge is 0.338 e. The van der Waals surface area contributed by atoms with Gasteiger partial charge in [-0.1, -0.05) is 11.2 Å². The minimum absolute atomic E-state index is 0.0408. The molecule has 0 fully saturated rings. The Hall–Kier alpha value is -3.26. The molecule has 0 aliphatic heterocycles. The Bertz CT molecular complexity index is 960. The monoisotopic (exact) mass is 353 g/mol. The van der Waals surface area contributed by atoms with Crippen molar-refractivity contribution in [2.45, 2.75) is 6.61 Å². The highest BCUT2D eigenvalue weighted by Gasteiger charge is 2.12. The molecule has 0 spiro atoms. The summed E-state index contributed by atoms with van der Waals surface area (Å²) in [6, 6.07) is 12.3. The van der Waals surface area contributed by atoms with Crippen LogP contribution in [0.4, 0.5) is 0 Å². The Balaban J connectivity index is 1.39. The van der Waals surface area contributed by atoms with Crippen LogP contribution in [0.3, 0.4) is 0 Å². The van der Waals surface area contributed by atoms with Crippen molar-refractivity contribution in [1.29, 1.82) is 0 Å². The van der Waals surface area contributed by atoms with Gasteiger partial charge in [-0.25, -0.2) is 4.79 Å². The van der Waals surface area contributed by atoms with Gasteiger partial charge in [0.05, 0.1) is 10.4 Å². The predicted molar refractivity (Wildman–Crippen MR) is 88.7 cm³/mol. The highest BCUT2D eigenvalue weighted by Crippen LogP contribution is 2.25. The second-order valence-corrected chi connectivity index (χ2v) is 6.00. The molecule has 0 aliphatic rings. The maximum absolute atomic E-state index is 12.1. The third-order valence-electron chi connectivity index (χ3n) is 3.40. The SMILES string of the molecule is O=C(OCc1cc(-c2cccs2)on1)c1ccc(-c2nnco2)cc1. The van der Waals surface area contributed by atoms with E-state index >= 15 is 0 Å². The van der Waals surface area contributed by atoms with Gasteiger partial charge in [-0.15, -0.1) is 21.5 Å². The highest BCUT2D eigenvalue weighted by molar-refractivity contribution is 7.13. The highest BCUT2D eigenvalue weighted by atomic mass is 32.1. The Morgan fingerprint density at radius 1 is 1.20 bits per heavy atom. The summed E-state index contributed by atoms with van der Waals surface area (Å²) in [7, 11) is 0. The van der Waals surface area contributed by atoms with Crippen molar-refractivity contribution in [1.82, 2.24) is 15.4 Å². The molecule has 0 saturated carbocycles. The lowest BCUT2D eigenvalue weighted by molar-refractivity contribution is 0.0464. The molecule has 0 saturated heterocycles. The van der Waals surface area contributed by atoms with E-state index in [1.165, 1.54) is 6.39 Å². The van der Waals surface area contributed by atoms with Gasteiger partial charge in [0, 0.05) is 11.6 Å². The zero-order chi connectivity index (χ0) is 17.1. The summed E-state index contributed by atoms with van der Waals surface area (Å²) >= 11 is 1.55. The Labute approximate surface area is 145 Å². The van der Waals surface area contributed by atoms with Crippen LogP contribution in [0.15, 0.2) is 63.2 Å². The first kappa shape index (κ1) is 15.3. The van der Waals surface area contributed by atoms with Crippen LogP contribution in [0.5, 0.6) is 0 Å². The summed E-state index contributed by atoms with van der Waals surface area (Å²) in [6.45, 7) is 0.0408. The number of carbonyl (C=O) groups excluding carboxylic acids is 1. The Kier molecular flexibility index (Phi) is 4.09. The first-order valence-corrected chi connectivity index (χ1v) is 8.21. The number of aromatic nitrogens is 3. The maximum Gasteiger partial charge on any atom is 0.338 e. The molecule has 3 aromatic heterocycles. The summed E-state index contributed by atoms with van der Waals surface area (Å²) < 4.78 is 15.6. The zero-order valence-electron chi connectivity index (χ0n) is 12.8. The molecule has 25 heavy (non-hydrogen) atoms. The molecule has 0 radical (unpaired) electrons. The molecule has 0 atom stereocenters. The molecule has 7 nitrogen and oxygen atoms in total. The van der Waals surface area contributed by atoms with Crippen LogP contribution in [-0.4, -0.2) is 21.3 Å². The van der Waals surface area contributed by atoms with E-state index in [0.717, 1.165) is 10.4 Å². The molecule has 0 unspecified atom stereocenters. The number of thiophene rings is 1. The van der Waals surface area contributed by atoms with E-state index in [-0.39, 0.29) is 6.61 Å². The first-order valence-electron chi connectivity index (χ1n) is 7.33. The van der Waals surface area contributed by atoms with Gasteiger partial charge < -0.3 is 13.7 Å². The van der Waals surface area contributed by atoms with E-state index in [4.69, 9.17) is 13.7 Å². The molecule has 0 amide bonds. The van der Waals surface area contributed by atoms with E-state index in [0.29, 0.717) is 22.9 Å². The van der Waals surface area contributed by atoms with Gasteiger partial charge in [0.15, 0.2) is 5.76 Å². The summed E-state index contributed by atoms with van der Waals surface area (Å²) in [5.41, 5.74) is 1.70. The second kappa shape index (κ2) is 6.70. The van der Waals surface area contributed by atoms with Crippen molar-refractivity contribution in [3.8, 4) is 22.1 Å². The molecule has 4 rings (SSSR count). The van der Waals surface area contributed by atoms with Crippen LogP contribution in [-0.2, 0) is 11.3 Å². The summed E-state index contributed by atoms with van der Waals surface area (Å²) in [5, 5.41) is 13.3. The summed E-state index contributed by atoms with van der Waals surface area (Å²) in [5.74, 6) is 0.603. The molecule has 0 bridgehead atoms. The third kappa shape index (κ3) is 3.33. The largest absolute Gasteiger partial charge is 0.455 e.